The third kappa shape index (κ3) is 4.35. The average molecular weight is 491 g/mol. The number of benzene rings is 2. The second-order valence-corrected chi connectivity index (χ2v) is 11.9. The molecule has 1 unspecified atom stereocenters. The molecule has 182 valence electrons. The minimum absolute atomic E-state index is 0.132. The van der Waals surface area contributed by atoms with Gasteiger partial charge in [-0.3, -0.25) is 4.79 Å². The number of rotatable bonds is 6. The topological polar surface area (TPSA) is 93.5 Å². The van der Waals surface area contributed by atoms with Gasteiger partial charge in [0.05, 0.1) is 18.3 Å². The molecule has 35 heavy (non-hydrogen) atoms. The van der Waals surface area contributed by atoms with Crippen LogP contribution in [0.25, 0.3) is 5.57 Å². The normalized spacial score (nSPS) is 21.5. The maximum absolute atomic E-state index is 12.8. The van der Waals surface area contributed by atoms with Crippen molar-refractivity contribution < 1.29 is 13.2 Å². The summed E-state index contributed by atoms with van der Waals surface area (Å²) >= 11 is 0. The Morgan fingerprint density at radius 3 is 2.57 bits per heavy atom. The molecule has 2 saturated heterocycles. The van der Waals surface area contributed by atoms with Crippen LogP contribution in [0.5, 0.6) is 0 Å². The number of nitrogens with zero attached hydrogens (tertiary/aromatic N) is 3. The number of para-hydroxylation sites is 1. The first-order chi connectivity index (χ1) is 16.8. The van der Waals surface area contributed by atoms with Crippen LogP contribution in [0.15, 0.2) is 54.6 Å². The molecule has 0 radical (unpaired) electrons. The highest BCUT2D eigenvalue weighted by Crippen LogP contribution is 2.39. The number of allylic oxidation sites excluding steroid dienone is 1. The quantitative estimate of drug-likeness (QED) is 0.669. The largest absolute Gasteiger partial charge is 0.339 e. The van der Waals surface area contributed by atoms with Crippen molar-refractivity contribution in [3.8, 4) is 6.07 Å². The van der Waals surface area contributed by atoms with Gasteiger partial charge >= 0.3 is 0 Å². The van der Waals surface area contributed by atoms with Crippen LogP contribution in [-0.2, 0) is 21.1 Å². The maximum Gasteiger partial charge on any atom is 0.247 e. The minimum Gasteiger partial charge on any atom is -0.339 e. The van der Waals surface area contributed by atoms with Crippen LogP contribution in [0, 0.1) is 11.3 Å². The van der Waals surface area contributed by atoms with Gasteiger partial charge in [0.15, 0.2) is 9.84 Å². The van der Waals surface area contributed by atoms with E-state index in [4.69, 9.17) is 0 Å². The molecule has 1 atom stereocenters. The first kappa shape index (κ1) is 23.6. The maximum atomic E-state index is 12.8. The SMILES string of the molecule is CS(=O)(=O)C1C=C(C#N)c2cc(CCCN3CCC4(CC3)C(=O)NCN4c3ccccc3)ccc21. The first-order valence-corrected chi connectivity index (χ1v) is 14.0. The Hall–Kier alpha value is -3.15. The van der Waals surface area contributed by atoms with Crippen molar-refractivity contribution in [2.24, 2.45) is 0 Å². The van der Waals surface area contributed by atoms with Gasteiger partial charge in [-0.2, -0.15) is 5.26 Å². The highest BCUT2D eigenvalue weighted by atomic mass is 32.2. The van der Waals surface area contributed by atoms with Crippen LogP contribution < -0.4 is 10.2 Å². The van der Waals surface area contributed by atoms with Crippen molar-refractivity contribution in [1.82, 2.24) is 10.2 Å². The summed E-state index contributed by atoms with van der Waals surface area (Å²) in [5.41, 5.74) is 3.61. The highest BCUT2D eigenvalue weighted by Gasteiger charge is 2.50. The van der Waals surface area contributed by atoms with Crippen LogP contribution in [0.1, 0.15) is 41.2 Å². The van der Waals surface area contributed by atoms with Crippen molar-refractivity contribution in [1.29, 1.82) is 5.26 Å². The Balaban J connectivity index is 1.19. The lowest BCUT2D eigenvalue weighted by Gasteiger charge is -2.43. The van der Waals surface area contributed by atoms with E-state index in [1.54, 1.807) is 6.08 Å². The summed E-state index contributed by atoms with van der Waals surface area (Å²) in [7, 11) is -3.30. The van der Waals surface area contributed by atoms with E-state index in [2.05, 4.69) is 33.3 Å². The molecule has 8 heteroatoms. The summed E-state index contributed by atoms with van der Waals surface area (Å²) in [6, 6.07) is 18.1. The van der Waals surface area contributed by atoms with E-state index in [1.807, 2.05) is 36.4 Å². The number of anilines is 1. The minimum atomic E-state index is -3.30. The molecule has 0 aromatic heterocycles. The van der Waals surface area contributed by atoms with Crippen molar-refractivity contribution in [3.63, 3.8) is 0 Å². The molecule has 1 N–H and O–H groups in total. The molecule has 5 rings (SSSR count). The van der Waals surface area contributed by atoms with Crippen LogP contribution >= 0.6 is 0 Å². The number of sulfone groups is 1. The van der Waals surface area contributed by atoms with Crippen molar-refractivity contribution >= 4 is 27.0 Å². The number of nitrogens with one attached hydrogen (secondary N) is 1. The fourth-order valence-electron chi connectivity index (χ4n) is 5.71. The van der Waals surface area contributed by atoms with Crippen molar-refractivity contribution in [2.75, 3.05) is 37.5 Å². The Morgan fingerprint density at radius 1 is 1.14 bits per heavy atom. The smallest absolute Gasteiger partial charge is 0.247 e. The monoisotopic (exact) mass is 490 g/mol. The van der Waals surface area contributed by atoms with Gasteiger partial charge in [-0.1, -0.05) is 36.4 Å². The van der Waals surface area contributed by atoms with Gasteiger partial charge < -0.3 is 15.1 Å². The summed E-state index contributed by atoms with van der Waals surface area (Å²) < 4.78 is 24.2. The number of fused-ring (bicyclic) bond motifs is 1. The molecule has 1 spiro atoms. The molecule has 0 saturated carbocycles. The highest BCUT2D eigenvalue weighted by molar-refractivity contribution is 7.91. The Bertz CT molecular complexity index is 1310. The standard InChI is InChI=1S/C27H30N4O3S/c1-35(33,34)25-17-21(18-28)24-16-20(9-10-23(24)25)6-5-13-30-14-11-27(12-15-30)26(32)29-19-31(27)22-7-3-2-4-8-22/h2-4,7-10,16-17,25H,5-6,11-15,19H2,1H3,(H,29,32). The zero-order chi connectivity index (χ0) is 24.6. The lowest BCUT2D eigenvalue weighted by Crippen LogP contribution is -2.56. The van der Waals surface area contributed by atoms with E-state index in [0.717, 1.165) is 62.1 Å². The van der Waals surface area contributed by atoms with Gasteiger partial charge in [-0.05, 0) is 67.1 Å². The molecule has 0 bridgehead atoms. The predicted molar refractivity (Wildman–Crippen MR) is 136 cm³/mol. The molecule has 1 amide bonds. The molecule has 2 aromatic rings. The van der Waals surface area contributed by atoms with E-state index >= 15 is 0 Å². The Morgan fingerprint density at radius 2 is 1.89 bits per heavy atom. The number of amides is 1. The van der Waals surface area contributed by atoms with E-state index < -0.39 is 20.6 Å². The molecular formula is C27H30N4O3S. The number of likely N-dealkylation sites (tertiary alicyclic amines) is 1. The number of hydrogen-bond donors (Lipinski definition) is 1. The van der Waals surface area contributed by atoms with Crippen LogP contribution in [0.3, 0.4) is 0 Å². The van der Waals surface area contributed by atoms with Crippen molar-refractivity contribution in [3.05, 3.63) is 71.3 Å². The van der Waals surface area contributed by atoms with Gasteiger partial charge in [-0.25, -0.2) is 8.42 Å². The molecule has 3 aliphatic rings. The first-order valence-electron chi connectivity index (χ1n) is 12.1. The van der Waals surface area contributed by atoms with Crippen LogP contribution in [0.2, 0.25) is 0 Å². The fraction of sp³-hybridized carbons (Fsp3) is 0.407. The van der Waals surface area contributed by atoms with Crippen LogP contribution in [-0.4, -0.2) is 57.3 Å². The molecule has 2 heterocycles. The number of aryl methyl sites for hydroxylation is 1. The molecule has 2 aliphatic heterocycles. The van der Waals surface area contributed by atoms with Gasteiger partial charge in [0.2, 0.25) is 5.91 Å². The third-order valence-corrected chi connectivity index (χ3v) is 8.95. The number of piperidine rings is 1. The molecule has 7 nitrogen and oxygen atoms in total. The van der Waals surface area contributed by atoms with Crippen molar-refractivity contribution in [2.45, 2.75) is 36.5 Å². The van der Waals surface area contributed by atoms with E-state index in [1.165, 1.54) is 6.26 Å². The van der Waals surface area contributed by atoms with E-state index in [-0.39, 0.29) is 5.91 Å². The van der Waals surface area contributed by atoms with Gasteiger partial charge in [0.25, 0.3) is 0 Å². The zero-order valence-corrected chi connectivity index (χ0v) is 20.7. The summed E-state index contributed by atoms with van der Waals surface area (Å²) in [6.45, 7) is 3.24. The van der Waals surface area contributed by atoms with Gasteiger partial charge in [0.1, 0.15) is 10.8 Å². The number of hydrogen-bond acceptors (Lipinski definition) is 6. The lowest BCUT2D eigenvalue weighted by molar-refractivity contribution is -0.125. The number of nitriles is 1. The third-order valence-electron chi connectivity index (χ3n) is 7.64. The fourth-order valence-corrected chi connectivity index (χ4v) is 6.76. The summed E-state index contributed by atoms with van der Waals surface area (Å²) in [5, 5.41) is 11.8. The summed E-state index contributed by atoms with van der Waals surface area (Å²) in [6.07, 6.45) is 6.19. The van der Waals surface area contributed by atoms with Crippen LogP contribution in [0.4, 0.5) is 5.69 Å². The molecule has 2 aromatic carbocycles. The van der Waals surface area contributed by atoms with E-state index in [9.17, 15) is 18.5 Å². The second-order valence-electron chi connectivity index (χ2n) is 9.77. The Labute approximate surface area is 207 Å². The second kappa shape index (κ2) is 9.14. The molecule has 1 aliphatic carbocycles. The van der Waals surface area contributed by atoms with Gasteiger partial charge in [0, 0.05) is 25.0 Å². The average Bonchev–Trinajstić information content (AvgIpc) is 3.38. The van der Waals surface area contributed by atoms with E-state index in [0.29, 0.717) is 17.8 Å². The number of carbonyl (C=O) groups excluding carboxylic acids is 1. The number of carbonyl (C=O) groups is 1. The summed E-state index contributed by atoms with van der Waals surface area (Å²) in [5.74, 6) is 0.132. The molecule has 2 fully saturated rings. The van der Waals surface area contributed by atoms with Gasteiger partial charge in [-0.15, -0.1) is 0 Å². The predicted octanol–water partition coefficient (Wildman–Crippen LogP) is 3.05. The summed E-state index contributed by atoms with van der Waals surface area (Å²) in [4.78, 5) is 17.5. The molecular weight excluding hydrogens is 460 g/mol. The zero-order valence-electron chi connectivity index (χ0n) is 19.9. The lowest BCUT2D eigenvalue weighted by atomic mass is 9.85. The Kier molecular flexibility index (Phi) is 6.16.